The van der Waals surface area contributed by atoms with Gasteiger partial charge in [0.25, 0.3) is 0 Å². The maximum absolute atomic E-state index is 12.4. The predicted molar refractivity (Wildman–Crippen MR) is 112 cm³/mol. The van der Waals surface area contributed by atoms with Gasteiger partial charge in [0.1, 0.15) is 0 Å². The molecule has 2 rings (SSSR count). The molecule has 4 atom stereocenters. The van der Waals surface area contributed by atoms with Gasteiger partial charge in [0.2, 0.25) is 0 Å². The fourth-order valence-corrected chi connectivity index (χ4v) is 3.44. The second kappa shape index (κ2) is 12.5. The summed E-state index contributed by atoms with van der Waals surface area (Å²) in [6.45, 7) is 8.16. The number of ether oxygens (including phenoxy) is 3. The Morgan fingerprint density at radius 2 is 2.11 bits per heavy atom. The molecule has 4 heteroatoms. The highest BCUT2D eigenvalue weighted by molar-refractivity contribution is 5.70. The molecule has 0 amide bonds. The third-order valence-electron chi connectivity index (χ3n) is 4.93. The molecule has 0 spiro atoms. The lowest BCUT2D eigenvalue weighted by atomic mass is 9.98. The zero-order valence-corrected chi connectivity index (χ0v) is 17.2. The zero-order valence-electron chi connectivity index (χ0n) is 17.2. The molecule has 1 aromatic rings. The number of hydrogen-bond donors (Lipinski definition) is 0. The van der Waals surface area contributed by atoms with Crippen LogP contribution in [0.25, 0.3) is 0 Å². The predicted octanol–water partition coefficient (Wildman–Crippen LogP) is 5.37. The van der Waals surface area contributed by atoms with Crippen LogP contribution in [-0.4, -0.2) is 30.4 Å². The van der Waals surface area contributed by atoms with Gasteiger partial charge in [0.05, 0.1) is 37.4 Å². The van der Waals surface area contributed by atoms with E-state index in [2.05, 4.69) is 6.58 Å². The molecule has 0 aromatic heterocycles. The molecule has 0 radical (unpaired) electrons. The van der Waals surface area contributed by atoms with Crippen LogP contribution >= 0.6 is 0 Å². The molecule has 154 valence electrons. The molecule has 1 aromatic carbocycles. The Labute approximate surface area is 169 Å². The van der Waals surface area contributed by atoms with Crippen molar-refractivity contribution < 1.29 is 19.0 Å². The maximum Gasteiger partial charge on any atom is 0.308 e. The monoisotopic (exact) mass is 386 g/mol. The Hall–Kier alpha value is -1.91. The third-order valence-corrected chi connectivity index (χ3v) is 4.93. The molecule has 0 bridgehead atoms. The van der Waals surface area contributed by atoms with Gasteiger partial charge in [0, 0.05) is 0 Å². The molecular weight excluding hydrogens is 352 g/mol. The lowest BCUT2D eigenvalue weighted by molar-refractivity contribution is -0.165. The number of allylic oxidation sites excluding steroid dienone is 2. The molecule has 0 saturated carbocycles. The normalized spacial score (nSPS) is 23.4. The molecule has 1 aliphatic heterocycles. The van der Waals surface area contributed by atoms with Gasteiger partial charge < -0.3 is 14.2 Å². The van der Waals surface area contributed by atoms with Crippen molar-refractivity contribution in [3.8, 4) is 0 Å². The van der Waals surface area contributed by atoms with Crippen LogP contribution in [-0.2, 0) is 25.6 Å². The van der Waals surface area contributed by atoms with Crippen LogP contribution < -0.4 is 0 Å². The van der Waals surface area contributed by atoms with E-state index < -0.39 is 0 Å². The summed E-state index contributed by atoms with van der Waals surface area (Å²) in [6.07, 6.45) is 10.2. The number of benzene rings is 1. The van der Waals surface area contributed by atoms with Gasteiger partial charge in [-0.15, -0.1) is 6.58 Å². The van der Waals surface area contributed by atoms with E-state index in [1.54, 1.807) is 0 Å². The van der Waals surface area contributed by atoms with E-state index in [-0.39, 0.29) is 36.8 Å². The van der Waals surface area contributed by atoms with Gasteiger partial charge in [-0.2, -0.15) is 0 Å². The smallest absolute Gasteiger partial charge is 0.308 e. The van der Waals surface area contributed by atoms with Gasteiger partial charge in [-0.05, 0) is 51.5 Å². The van der Waals surface area contributed by atoms with E-state index in [1.165, 1.54) is 0 Å². The molecular formula is C24H34O4. The van der Waals surface area contributed by atoms with Crippen molar-refractivity contribution in [1.29, 1.82) is 0 Å². The minimum Gasteiger partial charge on any atom is -0.463 e. The van der Waals surface area contributed by atoms with E-state index in [1.807, 2.05) is 62.4 Å². The summed E-state index contributed by atoms with van der Waals surface area (Å²) in [7, 11) is 0. The van der Waals surface area contributed by atoms with E-state index in [4.69, 9.17) is 14.2 Å². The fraction of sp³-hybridized carbons (Fsp3) is 0.542. The maximum atomic E-state index is 12.4. The molecule has 28 heavy (non-hydrogen) atoms. The van der Waals surface area contributed by atoms with Crippen molar-refractivity contribution in [3.63, 3.8) is 0 Å². The first-order valence-electron chi connectivity index (χ1n) is 10.4. The first-order valence-corrected chi connectivity index (χ1v) is 10.4. The number of unbranched alkanes of at least 4 members (excludes halogenated alkanes) is 1. The summed E-state index contributed by atoms with van der Waals surface area (Å²) in [5.41, 5.74) is 1.12. The van der Waals surface area contributed by atoms with Crippen molar-refractivity contribution in [2.75, 3.05) is 0 Å². The second-order valence-electron chi connectivity index (χ2n) is 7.38. The first kappa shape index (κ1) is 22.4. The van der Waals surface area contributed by atoms with Crippen molar-refractivity contribution in [2.24, 2.45) is 0 Å². The van der Waals surface area contributed by atoms with Crippen molar-refractivity contribution in [3.05, 3.63) is 60.7 Å². The van der Waals surface area contributed by atoms with Gasteiger partial charge in [-0.1, -0.05) is 48.6 Å². The summed E-state index contributed by atoms with van der Waals surface area (Å²) < 4.78 is 17.9. The van der Waals surface area contributed by atoms with Gasteiger partial charge in [-0.25, -0.2) is 0 Å². The summed E-state index contributed by atoms with van der Waals surface area (Å²) in [4.78, 5) is 12.4. The van der Waals surface area contributed by atoms with E-state index >= 15 is 0 Å². The molecule has 1 aliphatic rings. The molecule has 1 saturated heterocycles. The highest BCUT2D eigenvalue weighted by Gasteiger charge is 2.33. The molecule has 4 nitrogen and oxygen atoms in total. The number of esters is 1. The number of rotatable bonds is 11. The minimum absolute atomic E-state index is 0.0318. The fourth-order valence-electron chi connectivity index (χ4n) is 3.44. The zero-order chi connectivity index (χ0) is 20.2. The number of hydrogen-bond acceptors (Lipinski definition) is 4. The quantitative estimate of drug-likeness (QED) is 0.291. The Bertz CT molecular complexity index is 610. The van der Waals surface area contributed by atoms with Crippen LogP contribution in [0, 0.1) is 0 Å². The molecule has 0 aliphatic carbocycles. The van der Waals surface area contributed by atoms with Gasteiger partial charge >= 0.3 is 5.97 Å². The topological polar surface area (TPSA) is 44.8 Å². The lowest BCUT2D eigenvalue weighted by Crippen LogP contribution is -2.41. The standard InChI is InChI=1S/C24H34O4/c1-4-6-8-12-19(3)27-24(25)17-23-22(16-15-21(28-23)11-5-2)26-18-20-13-9-7-10-14-20/h4-5,7,9-11,13-14,19,21-23H,1,6,8,12,15-18H2,2-3H3/b11-5+/t19-,21-,22-,23+/m0/s1. The molecule has 1 heterocycles. The van der Waals surface area contributed by atoms with Crippen LogP contribution in [0.4, 0.5) is 0 Å². The molecule has 0 N–H and O–H groups in total. The number of carbonyl (C=O) groups excluding carboxylic acids is 1. The SMILES string of the molecule is C=CCCC[C@H](C)OC(=O)C[C@H]1O[C@@H](/C=C/C)CC[C@@H]1OCc1ccccc1. The van der Waals surface area contributed by atoms with Crippen molar-refractivity contribution in [2.45, 2.75) is 83.4 Å². The molecule has 1 fully saturated rings. The van der Waals surface area contributed by atoms with Crippen LogP contribution in [0.1, 0.15) is 57.9 Å². The highest BCUT2D eigenvalue weighted by Crippen LogP contribution is 2.26. The Balaban J connectivity index is 1.89. The van der Waals surface area contributed by atoms with Crippen LogP contribution in [0.2, 0.25) is 0 Å². The van der Waals surface area contributed by atoms with E-state index in [0.717, 1.165) is 37.7 Å². The van der Waals surface area contributed by atoms with Crippen LogP contribution in [0.3, 0.4) is 0 Å². The summed E-state index contributed by atoms with van der Waals surface area (Å²) in [5.74, 6) is -0.217. The van der Waals surface area contributed by atoms with Gasteiger partial charge in [-0.3, -0.25) is 4.79 Å². The summed E-state index contributed by atoms with van der Waals surface area (Å²) in [6, 6.07) is 10.1. The Morgan fingerprint density at radius 3 is 2.82 bits per heavy atom. The summed E-state index contributed by atoms with van der Waals surface area (Å²) >= 11 is 0. The van der Waals surface area contributed by atoms with Crippen molar-refractivity contribution >= 4 is 5.97 Å². The Morgan fingerprint density at radius 1 is 1.32 bits per heavy atom. The highest BCUT2D eigenvalue weighted by atomic mass is 16.6. The van der Waals surface area contributed by atoms with E-state index in [0.29, 0.717) is 6.61 Å². The Kier molecular flexibility index (Phi) is 10.0. The largest absolute Gasteiger partial charge is 0.463 e. The third kappa shape index (κ3) is 7.99. The van der Waals surface area contributed by atoms with Crippen molar-refractivity contribution in [1.82, 2.24) is 0 Å². The van der Waals surface area contributed by atoms with E-state index in [9.17, 15) is 4.79 Å². The second-order valence-corrected chi connectivity index (χ2v) is 7.38. The van der Waals surface area contributed by atoms with Crippen LogP contribution in [0.5, 0.6) is 0 Å². The first-order chi connectivity index (χ1) is 13.6. The average Bonchev–Trinajstić information content (AvgIpc) is 2.68. The molecule has 0 unspecified atom stereocenters. The average molecular weight is 387 g/mol. The minimum atomic E-state index is -0.286. The van der Waals surface area contributed by atoms with Crippen LogP contribution in [0.15, 0.2) is 55.1 Å². The number of carbonyl (C=O) groups is 1. The lowest BCUT2D eigenvalue weighted by Gasteiger charge is -2.35. The van der Waals surface area contributed by atoms with Gasteiger partial charge in [0.15, 0.2) is 0 Å². The summed E-state index contributed by atoms with van der Waals surface area (Å²) in [5, 5.41) is 0.